The first-order chi connectivity index (χ1) is 12.5. The molecule has 0 saturated carbocycles. The second kappa shape index (κ2) is 8.66. The van der Waals surface area contributed by atoms with E-state index in [2.05, 4.69) is 56.7 Å². The van der Waals surface area contributed by atoms with Gasteiger partial charge in [0, 0.05) is 15.8 Å². The average molecular weight is 449 g/mol. The third kappa shape index (κ3) is 5.06. The standard InChI is InChI=1S/C18H17BrN4OS2/c1-11-4-3-5-15(12(11)2)21-17-22-23-18(26-17)25-10-16(24)20-14-8-6-13(19)7-9-14/h3-9H,10H2,1-2H3,(H,20,24)(H,21,22). The summed E-state index contributed by atoms with van der Waals surface area (Å²) >= 11 is 6.18. The summed E-state index contributed by atoms with van der Waals surface area (Å²) in [6, 6.07) is 13.6. The molecule has 0 atom stereocenters. The maximum absolute atomic E-state index is 12.0. The van der Waals surface area contributed by atoms with Gasteiger partial charge in [-0.15, -0.1) is 10.2 Å². The van der Waals surface area contributed by atoms with Crippen LogP contribution in [0.1, 0.15) is 11.1 Å². The summed E-state index contributed by atoms with van der Waals surface area (Å²) in [5, 5.41) is 15.2. The number of aryl methyl sites for hydroxylation is 1. The fourth-order valence-electron chi connectivity index (χ4n) is 2.18. The second-order valence-corrected chi connectivity index (χ2v) is 8.71. The van der Waals surface area contributed by atoms with Crippen molar-refractivity contribution in [2.24, 2.45) is 0 Å². The number of halogens is 1. The van der Waals surface area contributed by atoms with Gasteiger partial charge in [-0.25, -0.2) is 0 Å². The van der Waals surface area contributed by atoms with Crippen LogP contribution in [-0.2, 0) is 4.79 Å². The Morgan fingerprint density at radius 2 is 1.92 bits per heavy atom. The van der Waals surface area contributed by atoms with Crippen molar-refractivity contribution in [1.29, 1.82) is 0 Å². The van der Waals surface area contributed by atoms with E-state index in [1.807, 2.05) is 36.4 Å². The van der Waals surface area contributed by atoms with E-state index >= 15 is 0 Å². The van der Waals surface area contributed by atoms with Crippen LogP contribution in [0.3, 0.4) is 0 Å². The van der Waals surface area contributed by atoms with Crippen molar-refractivity contribution in [3.8, 4) is 0 Å². The molecule has 0 fully saturated rings. The van der Waals surface area contributed by atoms with E-state index in [4.69, 9.17) is 0 Å². The first kappa shape index (κ1) is 18.9. The Balaban J connectivity index is 1.54. The molecule has 0 spiro atoms. The van der Waals surface area contributed by atoms with Gasteiger partial charge in [0.2, 0.25) is 11.0 Å². The molecule has 2 N–H and O–H groups in total. The van der Waals surface area contributed by atoms with Gasteiger partial charge in [0.15, 0.2) is 4.34 Å². The van der Waals surface area contributed by atoms with E-state index in [1.165, 1.54) is 34.2 Å². The number of amides is 1. The molecular weight excluding hydrogens is 432 g/mol. The minimum atomic E-state index is -0.0726. The molecule has 0 aliphatic carbocycles. The number of thioether (sulfide) groups is 1. The predicted octanol–water partition coefficient (Wildman–Crippen LogP) is 5.39. The van der Waals surface area contributed by atoms with Crippen LogP contribution >= 0.6 is 39.0 Å². The number of benzene rings is 2. The van der Waals surface area contributed by atoms with Gasteiger partial charge in [0.05, 0.1) is 5.75 Å². The zero-order valence-electron chi connectivity index (χ0n) is 14.2. The maximum atomic E-state index is 12.0. The van der Waals surface area contributed by atoms with Gasteiger partial charge in [-0.1, -0.05) is 51.2 Å². The summed E-state index contributed by atoms with van der Waals surface area (Å²) in [5.41, 5.74) is 4.20. The summed E-state index contributed by atoms with van der Waals surface area (Å²) in [4.78, 5) is 12.0. The number of carbonyl (C=O) groups is 1. The highest BCUT2D eigenvalue weighted by Crippen LogP contribution is 2.29. The third-order valence-corrected chi connectivity index (χ3v) is 6.21. The molecule has 0 aliphatic heterocycles. The lowest BCUT2D eigenvalue weighted by Crippen LogP contribution is -2.13. The molecule has 0 radical (unpaired) electrons. The second-order valence-electron chi connectivity index (χ2n) is 5.59. The molecule has 134 valence electrons. The number of hydrogen-bond donors (Lipinski definition) is 2. The van der Waals surface area contributed by atoms with Crippen LogP contribution in [0, 0.1) is 13.8 Å². The van der Waals surface area contributed by atoms with Gasteiger partial charge in [-0.2, -0.15) is 0 Å². The molecule has 0 aliphatic rings. The highest BCUT2D eigenvalue weighted by molar-refractivity contribution is 9.10. The van der Waals surface area contributed by atoms with E-state index in [-0.39, 0.29) is 11.7 Å². The Bertz CT molecular complexity index is 912. The van der Waals surface area contributed by atoms with Crippen LogP contribution < -0.4 is 10.6 Å². The number of nitrogens with zero attached hydrogens (tertiary/aromatic N) is 2. The fraction of sp³-hybridized carbons (Fsp3) is 0.167. The first-order valence-corrected chi connectivity index (χ1v) is 10.5. The van der Waals surface area contributed by atoms with E-state index in [0.717, 1.165) is 25.3 Å². The predicted molar refractivity (Wildman–Crippen MR) is 113 cm³/mol. The summed E-state index contributed by atoms with van der Waals surface area (Å²) in [5.74, 6) is 0.213. The van der Waals surface area contributed by atoms with Gasteiger partial charge in [0.25, 0.3) is 0 Å². The SMILES string of the molecule is Cc1cccc(Nc2nnc(SCC(=O)Nc3ccc(Br)cc3)s2)c1C. The molecule has 1 amide bonds. The number of hydrogen-bond acceptors (Lipinski definition) is 6. The smallest absolute Gasteiger partial charge is 0.234 e. The lowest BCUT2D eigenvalue weighted by molar-refractivity contribution is -0.113. The molecule has 0 bridgehead atoms. The minimum absolute atomic E-state index is 0.0726. The number of carbonyl (C=O) groups excluding carboxylic acids is 1. The van der Waals surface area contributed by atoms with Crippen molar-refractivity contribution in [1.82, 2.24) is 10.2 Å². The molecule has 5 nitrogen and oxygen atoms in total. The molecule has 0 saturated heterocycles. The van der Waals surface area contributed by atoms with Gasteiger partial charge >= 0.3 is 0 Å². The summed E-state index contributed by atoms with van der Waals surface area (Å²) in [6.07, 6.45) is 0. The molecule has 1 aromatic heterocycles. The van der Waals surface area contributed by atoms with Crippen LogP contribution in [0.4, 0.5) is 16.5 Å². The molecule has 1 heterocycles. The number of rotatable bonds is 6. The van der Waals surface area contributed by atoms with Gasteiger partial charge in [-0.05, 0) is 55.3 Å². The van der Waals surface area contributed by atoms with Gasteiger partial charge in [0.1, 0.15) is 0 Å². The monoisotopic (exact) mass is 448 g/mol. The Hall–Kier alpha value is -1.90. The zero-order valence-corrected chi connectivity index (χ0v) is 17.5. The van der Waals surface area contributed by atoms with Crippen molar-refractivity contribution in [3.63, 3.8) is 0 Å². The number of aromatic nitrogens is 2. The van der Waals surface area contributed by atoms with Crippen LogP contribution in [0.25, 0.3) is 0 Å². The fourth-order valence-corrected chi connectivity index (χ4v) is 4.01. The lowest BCUT2D eigenvalue weighted by atomic mass is 10.1. The normalized spacial score (nSPS) is 10.6. The first-order valence-electron chi connectivity index (χ1n) is 7.86. The lowest BCUT2D eigenvalue weighted by Gasteiger charge is -2.08. The average Bonchev–Trinajstić information content (AvgIpc) is 3.07. The molecule has 2 aromatic carbocycles. The number of nitrogens with one attached hydrogen (secondary N) is 2. The van der Waals surface area contributed by atoms with E-state index in [0.29, 0.717) is 0 Å². The van der Waals surface area contributed by atoms with Crippen molar-refractivity contribution >= 4 is 61.4 Å². The third-order valence-electron chi connectivity index (χ3n) is 3.71. The Labute approximate surface area is 168 Å². The van der Waals surface area contributed by atoms with E-state index in [9.17, 15) is 4.79 Å². The largest absolute Gasteiger partial charge is 0.330 e. The molecule has 0 unspecified atom stereocenters. The van der Waals surface area contributed by atoms with Crippen LogP contribution in [0.15, 0.2) is 51.3 Å². The zero-order chi connectivity index (χ0) is 18.5. The minimum Gasteiger partial charge on any atom is -0.330 e. The molecular formula is C18H17BrN4OS2. The Morgan fingerprint density at radius 1 is 1.15 bits per heavy atom. The van der Waals surface area contributed by atoms with Crippen molar-refractivity contribution in [2.75, 3.05) is 16.4 Å². The number of anilines is 3. The highest BCUT2D eigenvalue weighted by atomic mass is 79.9. The van der Waals surface area contributed by atoms with Crippen molar-refractivity contribution < 1.29 is 4.79 Å². The van der Waals surface area contributed by atoms with E-state index in [1.54, 1.807) is 0 Å². The van der Waals surface area contributed by atoms with E-state index < -0.39 is 0 Å². The Morgan fingerprint density at radius 3 is 2.69 bits per heavy atom. The molecule has 8 heteroatoms. The molecule has 3 aromatic rings. The van der Waals surface area contributed by atoms with Gasteiger partial charge in [-0.3, -0.25) is 4.79 Å². The summed E-state index contributed by atoms with van der Waals surface area (Å²) in [7, 11) is 0. The topological polar surface area (TPSA) is 66.9 Å². The van der Waals surface area contributed by atoms with Crippen molar-refractivity contribution in [2.45, 2.75) is 18.2 Å². The van der Waals surface area contributed by atoms with Crippen LogP contribution in [0.5, 0.6) is 0 Å². The Kier molecular flexibility index (Phi) is 6.29. The van der Waals surface area contributed by atoms with Crippen LogP contribution in [0.2, 0.25) is 0 Å². The quantitative estimate of drug-likeness (QED) is 0.494. The molecule has 3 rings (SSSR count). The van der Waals surface area contributed by atoms with Crippen molar-refractivity contribution in [3.05, 3.63) is 58.1 Å². The van der Waals surface area contributed by atoms with Gasteiger partial charge < -0.3 is 10.6 Å². The maximum Gasteiger partial charge on any atom is 0.234 e. The summed E-state index contributed by atoms with van der Waals surface area (Å²) in [6.45, 7) is 4.15. The van der Waals surface area contributed by atoms with Crippen LogP contribution in [-0.4, -0.2) is 21.9 Å². The molecule has 26 heavy (non-hydrogen) atoms. The summed E-state index contributed by atoms with van der Waals surface area (Å²) < 4.78 is 1.73. The highest BCUT2D eigenvalue weighted by Gasteiger charge is 2.10.